The number of pyridine rings is 1. The van der Waals surface area contributed by atoms with Gasteiger partial charge in [-0.15, -0.1) is 0 Å². The Hall–Kier alpha value is -2.30. The first-order valence-electron chi connectivity index (χ1n) is 9.06. The Morgan fingerprint density at radius 1 is 1.20 bits per heavy atom. The van der Waals surface area contributed by atoms with Crippen LogP contribution in [-0.2, 0) is 11.2 Å². The van der Waals surface area contributed by atoms with Crippen LogP contribution < -0.4 is 15.6 Å². The molecule has 0 aliphatic heterocycles. The van der Waals surface area contributed by atoms with E-state index < -0.39 is 0 Å². The molecule has 0 unspecified atom stereocenters. The zero-order valence-electron chi connectivity index (χ0n) is 15.4. The Morgan fingerprint density at radius 2 is 1.92 bits per heavy atom. The highest BCUT2D eigenvalue weighted by atomic mass is 16.5. The number of fused-ring (bicyclic) bond motifs is 1. The van der Waals surface area contributed by atoms with E-state index in [0.29, 0.717) is 24.3 Å². The van der Waals surface area contributed by atoms with Crippen LogP contribution in [0.5, 0.6) is 5.75 Å². The number of aromatic amines is 1. The summed E-state index contributed by atoms with van der Waals surface area (Å²) in [5.41, 5.74) is 1.32. The molecule has 2 N–H and O–H groups in total. The molecule has 1 amide bonds. The quantitative estimate of drug-likeness (QED) is 0.732. The fourth-order valence-corrected chi connectivity index (χ4v) is 3.11. The van der Waals surface area contributed by atoms with Crippen LogP contribution in [0.15, 0.2) is 29.1 Å². The van der Waals surface area contributed by atoms with Crippen LogP contribution in [0.3, 0.4) is 0 Å². The van der Waals surface area contributed by atoms with Gasteiger partial charge < -0.3 is 15.0 Å². The molecule has 0 aliphatic carbocycles. The Bertz CT molecular complexity index is 761. The third-order valence-electron chi connectivity index (χ3n) is 4.47. The third kappa shape index (κ3) is 5.08. The number of carbonyl (C=O) groups excluding carboxylic acids is 1. The summed E-state index contributed by atoms with van der Waals surface area (Å²) in [6.45, 7) is 4.67. The lowest BCUT2D eigenvalue weighted by atomic mass is 9.97. The molecule has 0 fully saturated rings. The van der Waals surface area contributed by atoms with E-state index in [1.807, 2.05) is 24.3 Å². The standard InChI is InChI=1S/C20H28N2O3/c1-4-6-14(7-5-2)19(23)21-11-10-16-12-15-8-9-17(25-3)13-18(15)22-20(16)24/h8-9,12-14H,4-7,10-11H2,1-3H3,(H,21,23)(H,22,24). The van der Waals surface area contributed by atoms with Crippen molar-refractivity contribution in [3.05, 3.63) is 40.2 Å². The van der Waals surface area contributed by atoms with Gasteiger partial charge in [0.2, 0.25) is 5.91 Å². The molecule has 0 aliphatic rings. The van der Waals surface area contributed by atoms with E-state index in [1.165, 1.54) is 0 Å². The minimum absolute atomic E-state index is 0.0809. The number of amides is 1. The van der Waals surface area contributed by atoms with Gasteiger partial charge in [-0.2, -0.15) is 0 Å². The molecule has 0 atom stereocenters. The molecule has 5 nitrogen and oxygen atoms in total. The number of hydrogen-bond acceptors (Lipinski definition) is 3. The normalized spacial score (nSPS) is 11.0. The van der Waals surface area contributed by atoms with Crippen molar-refractivity contribution in [2.75, 3.05) is 13.7 Å². The number of ether oxygens (including phenoxy) is 1. The van der Waals surface area contributed by atoms with Gasteiger partial charge in [0.25, 0.3) is 5.56 Å². The van der Waals surface area contributed by atoms with Gasteiger partial charge in [0.15, 0.2) is 0 Å². The average Bonchev–Trinajstić information content (AvgIpc) is 2.61. The van der Waals surface area contributed by atoms with E-state index in [4.69, 9.17) is 4.74 Å². The number of benzene rings is 1. The Labute approximate surface area is 148 Å². The van der Waals surface area contributed by atoms with Crippen molar-refractivity contribution in [2.45, 2.75) is 46.0 Å². The maximum Gasteiger partial charge on any atom is 0.251 e. The highest BCUT2D eigenvalue weighted by molar-refractivity contribution is 5.80. The molecule has 5 heteroatoms. The fraction of sp³-hybridized carbons (Fsp3) is 0.500. The van der Waals surface area contributed by atoms with E-state index in [2.05, 4.69) is 24.1 Å². The van der Waals surface area contributed by atoms with Gasteiger partial charge in [-0.25, -0.2) is 0 Å². The SMILES string of the molecule is CCCC(CCC)C(=O)NCCc1cc2ccc(OC)cc2[nH]c1=O. The monoisotopic (exact) mass is 344 g/mol. The van der Waals surface area contributed by atoms with Gasteiger partial charge >= 0.3 is 0 Å². The molecule has 1 heterocycles. The predicted molar refractivity (Wildman–Crippen MR) is 101 cm³/mol. The number of nitrogens with one attached hydrogen (secondary N) is 2. The third-order valence-corrected chi connectivity index (χ3v) is 4.47. The maximum absolute atomic E-state index is 12.3. The van der Waals surface area contributed by atoms with E-state index in [1.54, 1.807) is 7.11 Å². The summed E-state index contributed by atoms with van der Waals surface area (Å²) in [7, 11) is 1.60. The summed E-state index contributed by atoms with van der Waals surface area (Å²) in [5.74, 6) is 0.893. The largest absolute Gasteiger partial charge is 0.497 e. The molecule has 1 aromatic heterocycles. The van der Waals surface area contributed by atoms with Gasteiger partial charge in [-0.1, -0.05) is 26.7 Å². The molecule has 2 aromatic rings. The van der Waals surface area contributed by atoms with Crippen molar-refractivity contribution in [3.63, 3.8) is 0 Å². The molecule has 0 spiro atoms. The fourth-order valence-electron chi connectivity index (χ4n) is 3.11. The minimum Gasteiger partial charge on any atom is -0.497 e. The number of carbonyl (C=O) groups is 1. The van der Waals surface area contributed by atoms with Gasteiger partial charge in [-0.3, -0.25) is 9.59 Å². The van der Waals surface area contributed by atoms with Crippen molar-refractivity contribution < 1.29 is 9.53 Å². The first kappa shape index (κ1) is 19.0. The highest BCUT2D eigenvalue weighted by Gasteiger charge is 2.16. The lowest BCUT2D eigenvalue weighted by molar-refractivity contribution is -0.125. The zero-order chi connectivity index (χ0) is 18.2. The van der Waals surface area contributed by atoms with Crippen LogP contribution in [0.1, 0.15) is 45.1 Å². The molecule has 25 heavy (non-hydrogen) atoms. The molecule has 2 rings (SSSR count). The summed E-state index contributed by atoms with van der Waals surface area (Å²) in [6.07, 6.45) is 4.36. The zero-order valence-corrected chi connectivity index (χ0v) is 15.4. The first-order valence-corrected chi connectivity index (χ1v) is 9.06. The lowest BCUT2D eigenvalue weighted by Gasteiger charge is -2.15. The summed E-state index contributed by atoms with van der Waals surface area (Å²) in [4.78, 5) is 27.4. The van der Waals surface area contributed by atoms with Crippen LogP contribution in [0.25, 0.3) is 10.9 Å². The van der Waals surface area contributed by atoms with Gasteiger partial charge in [0.05, 0.1) is 12.6 Å². The van der Waals surface area contributed by atoms with Crippen LogP contribution in [0.4, 0.5) is 0 Å². The average molecular weight is 344 g/mol. The molecule has 0 saturated heterocycles. The van der Waals surface area contributed by atoms with Crippen LogP contribution in [-0.4, -0.2) is 24.5 Å². The predicted octanol–water partition coefficient (Wildman–Crippen LogP) is 3.41. The second-order valence-corrected chi connectivity index (χ2v) is 6.39. The first-order chi connectivity index (χ1) is 12.1. The summed E-state index contributed by atoms with van der Waals surface area (Å²) >= 11 is 0. The molecule has 1 aromatic carbocycles. The Balaban J connectivity index is 2.02. The van der Waals surface area contributed by atoms with Crippen molar-refractivity contribution in [3.8, 4) is 5.75 Å². The van der Waals surface area contributed by atoms with E-state index >= 15 is 0 Å². The second kappa shape index (κ2) is 9.25. The molecule has 0 bridgehead atoms. The molecular formula is C20H28N2O3. The number of methoxy groups -OCH3 is 1. The van der Waals surface area contributed by atoms with Crippen LogP contribution in [0, 0.1) is 5.92 Å². The minimum atomic E-state index is -0.117. The van der Waals surface area contributed by atoms with E-state index in [0.717, 1.165) is 36.6 Å². The van der Waals surface area contributed by atoms with E-state index in [-0.39, 0.29) is 17.4 Å². The van der Waals surface area contributed by atoms with Crippen molar-refractivity contribution in [2.24, 2.45) is 5.92 Å². The van der Waals surface area contributed by atoms with Gasteiger partial charge in [0.1, 0.15) is 5.75 Å². The molecule has 136 valence electrons. The molecule has 0 saturated carbocycles. The number of aromatic nitrogens is 1. The van der Waals surface area contributed by atoms with Crippen molar-refractivity contribution in [1.82, 2.24) is 10.3 Å². The molecular weight excluding hydrogens is 316 g/mol. The van der Waals surface area contributed by atoms with Crippen LogP contribution >= 0.6 is 0 Å². The van der Waals surface area contributed by atoms with E-state index in [9.17, 15) is 9.59 Å². The number of hydrogen-bond donors (Lipinski definition) is 2. The number of H-pyrrole nitrogens is 1. The summed E-state index contributed by atoms with van der Waals surface area (Å²) in [6, 6.07) is 7.48. The van der Waals surface area contributed by atoms with Crippen molar-refractivity contribution in [1.29, 1.82) is 0 Å². The second-order valence-electron chi connectivity index (χ2n) is 6.39. The number of rotatable bonds is 9. The summed E-state index contributed by atoms with van der Waals surface area (Å²) in [5, 5.41) is 3.94. The van der Waals surface area contributed by atoms with Gasteiger partial charge in [-0.05, 0) is 42.8 Å². The smallest absolute Gasteiger partial charge is 0.251 e. The maximum atomic E-state index is 12.3. The summed E-state index contributed by atoms with van der Waals surface area (Å²) < 4.78 is 5.18. The Kier molecular flexibility index (Phi) is 7.04. The lowest BCUT2D eigenvalue weighted by Crippen LogP contribution is -2.33. The topological polar surface area (TPSA) is 71.2 Å². The highest BCUT2D eigenvalue weighted by Crippen LogP contribution is 2.18. The van der Waals surface area contributed by atoms with Crippen molar-refractivity contribution >= 4 is 16.8 Å². The van der Waals surface area contributed by atoms with Gasteiger partial charge in [0, 0.05) is 24.1 Å². The van der Waals surface area contributed by atoms with Crippen LogP contribution in [0.2, 0.25) is 0 Å². The molecule has 0 radical (unpaired) electrons. The Morgan fingerprint density at radius 3 is 2.56 bits per heavy atom.